The molecule has 3 N–H and O–H groups in total. The number of halogens is 2. The predicted octanol–water partition coefficient (Wildman–Crippen LogP) is 5.04. The van der Waals surface area contributed by atoms with Gasteiger partial charge in [-0.2, -0.15) is 0 Å². The molecular weight excluding hydrogens is 411 g/mol. The van der Waals surface area contributed by atoms with E-state index in [0.29, 0.717) is 33.3 Å². The average molecular weight is 437 g/mol. The smallest absolute Gasteiger partial charge is 0.251 e. The summed E-state index contributed by atoms with van der Waals surface area (Å²) >= 11 is 12.0. The van der Waals surface area contributed by atoms with Gasteiger partial charge >= 0.3 is 0 Å². The fraction of sp³-hybridized carbons (Fsp3) is 0.364. The van der Waals surface area contributed by atoms with Crippen LogP contribution in [0.15, 0.2) is 36.4 Å². The third kappa shape index (κ3) is 6.12. The average Bonchev–Trinajstić information content (AvgIpc) is 2.68. The van der Waals surface area contributed by atoms with Gasteiger partial charge in [0, 0.05) is 17.7 Å². The first-order valence-corrected chi connectivity index (χ1v) is 10.4. The van der Waals surface area contributed by atoms with E-state index in [0.717, 1.165) is 12.8 Å². The van der Waals surface area contributed by atoms with E-state index in [1.165, 1.54) is 12.1 Å². The number of aromatic hydroxyl groups is 1. The summed E-state index contributed by atoms with van der Waals surface area (Å²) in [6.07, 6.45) is 1.86. The van der Waals surface area contributed by atoms with Crippen molar-refractivity contribution < 1.29 is 14.7 Å². The summed E-state index contributed by atoms with van der Waals surface area (Å²) in [6.45, 7) is 6.38. The van der Waals surface area contributed by atoms with Gasteiger partial charge in [0.25, 0.3) is 5.91 Å². The van der Waals surface area contributed by atoms with Crippen molar-refractivity contribution >= 4 is 35.0 Å². The number of rotatable bonds is 8. The molecule has 0 unspecified atom stereocenters. The van der Waals surface area contributed by atoms with Crippen LogP contribution in [0.25, 0.3) is 11.1 Å². The van der Waals surface area contributed by atoms with E-state index in [2.05, 4.69) is 10.6 Å². The van der Waals surface area contributed by atoms with Gasteiger partial charge in [-0.1, -0.05) is 56.5 Å². The minimum Gasteiger partial charge on any atom is -0.507 e. The molecule has 1 atom stereocenters. The molecular formula is C22H26Cl2N2O3. The highest BCUT2D eigenvalue weighted by Crippen LogP contribution is 2.34. The lowest BCUT2D eigenvalue weighted by Gasteiger charge is -2.22. The Morgan fingerprint density at radius 2 is 1.79 bits per heavy atom. The first-order valence-electron chi connectivity index (χ1n) is 9.61. The lowest BCUT2D eigenvalue weighted by molar-refractivity contribution is -0.123. The minimum absolute atomic E-state index is 0.0117. The molecule has 0 fully saturated rings. The van der Waals surface area contributed by atoms with Crippen molar-refractivity contribution in [2.75, 3.05) is 6.54 Å². The highest BCUT2D eigenvalue weighted by atomic mass is 35.5. The number of phenolic OH excluding ortho intramolecular Hbond substituents is 1. The molecule has 2 amide bonds. The molecule has 0 saturated carbocycles. The van der Waals surface area contributed by atoms with Crippen molar-refractivity contribution in [1.82, 2.24) is 10.6 Å². The highest BCUT2D eigenvalue weighted by molar-refractivity contribution is 6.42. The second-order valence-electron chi connectivity index (χ2n) is 7.20. The van der Waals surface area contributed by atoms with E-state index in [1.807, 2.05) is 20.8 Å². The molecule has 0 heterocycles. The Balaban J connectivity index is 2.23. The minimum atomic E-state index is -0.651. The molecule has 0 aliphatic heterocycles. The van der Waals surface area contributed by atoms with Crippen LogP contribution >= 0.6 is 23.2 Å². The summed E-state index contributed by atoms with van der Waals surface area (Å²) in [7, 11) is 0. The Morgan fingerprint density at radius 3 is 2.41 bits per heavy atom. The zero-order chi connectivity index (χ0) is 21.6. The van der Waals surface area contributed by atoms with Gasteiger partial charge in [0.15, 0.2) is 0 Å². The number of phenols is 1. The number of amides is 2. The van der Waals surface area contributed by atoms with Gasteiger partial charge in [-0.3, -0.25) is 9.59 Å². The Morgan fingerprint density at radius 1 is 1.07 bits per heavy atom. The Labute approximate surface area is 181 Å². The summed E-state index contributed by atoms with van der Waals surface area (Å²) in [4.78, 5) is 25.2. The summed E-state index contributed by atoms with van der Waals surface area (Å²) in [6, 6.07) is 8.83. The molecule has 2 rings (SSSR count). The van der Waals surface area contributed by atoms with E-state index in [4.69, 9.17) is 23.2 Å². The second-order valence-corrected chi connectivity index (χ2v) is 8.01. The van der Waals surface area contributed by atoms with Crippen LogP contribution in [0.5, 0.6) is 5.75 Å². The molecule has 0 bridgehead atoms. The molecule has 0 saturated heterocycles. The number of unbranched alkanes of at least 4 members (excludes halogenated alkanes) is 1. The lowest BCUT2D eigenvalue weighted by atomic mass is 10.00. The lowest BCUT2D eigenvalue weighted by Crippen LogP contribution is -2.49. The largest absolute Gasteiger partial charge is 0.507 e. The van der Waals surface area contributed by atoms with Gasteiger partial charge in [0.1, 0.15) is 11.8 Å². The Kier molecular flexibility index (Phi) is 8.35. The molecule has 0 aliphatic carbocycles. The molecule has 0 aromatic heterocycles. The van der Waals surface area contributed by atoms with Crippen molar-refractivity contribution in [2.45, 2.75) is 39.7 Å². The number of nitrogens with one attached hydrogen (secondary N) is 2. The monoisotopic (exact) mass is 436 g/mol. The van der Waals surface area contributed by atoms with Crippen LogP contribution in [0.2, 0.25) is 10.0 Å². The molecule has 7 heteroatoms. The predicted molar refractivity (Wildman–Crippen MR) is 118 cm³/mol. The van der Waals surface area contributed by atoms with E-state index < -0.39 is 11.9 Å². The highest BCUT2D eigenvalue weighted by Gasteiger charge is 2.24. The number of carbonyl (C=O) groups is 2. The fourth-order valence-corrected chi connectivity index (χ4v) is 3.13. The van der Waals surface area contributed by atoms with Gasteiger partial charge in [0.05, 0.1) is 10.0 Å². The van der Waals surface area contributed by atoms with Crippen molar-refractivity contribution in [2.24, 2.45) is 5.92 Å². The van der Waals surface area contributed by atoms with Crippen LogP contribution in [-0.4, -0.2) is 29.5 Å². The molecule has 156 valence electrons. The van der Waals surface area contributed by atoms with Crippen molar-refractivity contribution in [3.63, 3.8) is 0 Å². The van der Waals surface area contributed by atoms with E-state index in [1.54, 1.807) is 24.3 Å². The summed E-state index contributed by atoms with van der Waals surface area (Å²) in [5.41, 5.74) is 1.41. The Bertz CT molecular complexity index is 884. The van der Waals surface area contributed by atoms with Crippen molar-refractivity contribution in [1.29, 1.82) is 0 Å². The zero-order valence-electron chi connectivity index (χ0n) is 16.8. The molecule has 29 heavy (non-hydrogen) atoms. The standard InChI is InChI=1S/C22H26Cl2N2O3/c1-4-5-10-25-22(29)20(13(2)3)26-21(28)15-7-9-19(27)16(11-15)14-6-8-17(23)18(24)12-14/h6-9,11-13,20,27H,4-5,10H2,1-3H3,(H,25,29)(H,26,28)/t20-/m0/s1. The van der Waals surface area contributed by atoms with E-state index >= 15 is 0 Å². The number of carbonyl (C=O) groups excluding carboxylic acids is 2. The van der Waals surface area contributed by atoms with Crippen LogP contribution in [0, 0.1) is 5.92 Å². The first-order chi connectivity index (χ1) is 13.7. The van der Waals surface area contributed by atoms with Crippen molar-refractivity contribution in [3.8, 4) is 16.9 Å². The zero-order valence-corrected chi connectivity index (χ0v) is 18.3. The number of hydrogen-bond donors (Lipinski definition) is 3. The van der Waals surface area contributed by atoms with Crippen LogP contribution < -0.4 is 10.6 Å². The molecule has 5 nitrogen and oxygen atoms in total. The Hall–Kier alpha value is -2.24. The summed E-state index contributed by atoms with van der Waals surface area (Å²) < 4.78 is 0. The second kappa shape index (κ2) is 10.5. The molecule has 2 aromatic rings. The fourth-order valence-electron chi connectivity index (χ4n) is 2.83. The van der Waals surface area contributed by atoms with E-state index in [9.17, 15) is 14.7 Å². The maximum atomic E-state index is 12.8. The summed E-state index contributed by atoms with van der Waals surface area (Å²) in [5.74, 6) is -0.661. The first kappa shape index (κ1) is 23.0. The van der Waals surface area contributed by atoms with Crippen LogP contribution in [0.4, 0.5) is 0 Å². The quantitative estimate of drug-likeness (QED) is 0.507. The van der Waals surface area contributed by atoms with Gasteiger partial charge < -0.3 is 15.7 Å². The third-order valence-electron chi connectivity index (χ3n) is 4.55. The SMILES string of the molecule is CCCCNC(=O)[C@@H](NC(=O)c1ccc(O)c(-c2ccc(Cl)c(Cl)c2)c1)C(C)C. The van der Waals surface area contributed by atoms with Gasteiger partial charge in [0.2, 0.25) is 5.91 Å². The topological polar surface area (TPSA) is 78.4 Å². The van der Waals surface area contributed by atoms with Gasteiger partial charge in [-0.15, -0.1) is 0 Å². The number of benzene rings is 2. The van der Waals surface area contributed by atoms with Crippen molar-refractivity contribution in [3.05, 3.63) is 52.0 Å². The van der Waals surface area contributed by atoms with Crippen LogP contribution in [0.3, 0.4) is 0 Å². The molecule has 0 aliphatic rings. The maximum Gasteiger partial charge on any atom is 0.251 e. The summed E-state index contributed by atoms with van der Waals surface area (Å²) in [5, 5.41) is 16.6. The van der Waals surface area contributed by atoms with E-state index in [-0.39, 0.29) is 17.6 Å². The van der Waals surface area contributed by atoms with Crippen LogP contribution in [-0.2, 0) is 4.79 Å². The van der Waals surface area contributed by atoms with Gasteiger partial charge in [-0.05, 0) is 48.2 Å². The molecule has 2 aromatic carbocycles. The normalized spacial score (nSPS) is 11.9. The molecule has 0 spiro atoms. The van der Waals surface area contributed by atoms with Gasteiger partial charge in [-0.25, -0.2) is 0 Å². The number of hydrogen-bond acceptors (Lipinski definition) is 3. The third-order valence-corrected chi connectivity index (χ3v) is 5.29. The maximum absolute atomic E-state index is 12.8. The molecule has 0 radical (unpaired) electrons. The van der Waals surface area contributed by atoms with Crippen LogP contribution in [0.1, 0.15) is 44.0 Å².